The molecule has 5 nitrogen and oxygen atoms in total. The fourth-order valence-corrected chi connectivity index (χ4v) is 2.37. The van der Waals surface area contributed by atoms with Gasteiger partial charge in [0.1, 0.15) is 5.65 Å². The van der Waals surface area contributed by atoms with E-state index in [1.807, 2.05) is 41.9 Å². The van der Waals surface area contributed by atoms with E-state index in [9.17, 15) is 0 Å². The third kappa shape index (κ3) is 5.85. The molecule has 126 valence electrons. The molecule has 0 aliphatic heterocycles. The van der Waals surface area contributed by atoms with Crippen LogP contribution in [0.2, 0.25) is 0 Å². The zero-order valence-electron chi connectivity index (χ0n) is 13.9. The molecular weight excluding hydrogens is 401 g/mol. The molecule has 0 spiro atoms. The second-order valence-corrected chi connectivity index (χ2v) is 5.27. The molecule has 0 saturated heterocycles. The van der Waals surface area contributed by atoms with Gasteiger partial charge in [-0.05, 0) is 25.0 Å². The fraction of sp³-hybridized carbons (Fsp3) is 0.412. The molecule has 0 radical (unpaired) electrons. The topological polar surface area (TPSA) is 44.9 Å². The summed E-state index contributed by atoms with van der Waals surface area (Å²) in [5.74, 6) is 0.924. The number of halogens is 1. The van der Waals surface area contributed by atoms with E-state index in [1.54, 1.807) is 0 Å². The normalized spacial score (nSPS) is 11.1. The predicted molar refractivity (Wildman–Crippen MR) is 108 cm³/mol. The highest BCUT2D eigenvalue weighted by atomic mass is 127. The Labute approximate surface area is 155 Å². The predicted octanol–water partition coefficient (Wildman–Crippen LogP) is 2.97. The molecule has 2 aromatic rings. The van der Waals surface area contributed by atoms with E-state index in [-0.39, 0.29) is 24.0 Å². The Hall–Kier alpha value is -1.57. The third-order valence-electron chi connectivity index (χ3n) is 3.55. The summed E-state index contributed by atoms with van der Waals surface area (Å²) in [6, 6.07) is 6.03. The SMILES string of the molecule is C=CCCCN(C)C(=NC)NCCc1cn2ccccc2n1.I. The Morgan fingerprint density at radius 2 is 2.30 bits per heavy atom. The molecule has 0 atom stereocenters. The van der Waals surface area contributed by atoms with Crippen LogP contribution in [0.1, 0.15) is 18.5 Å². The van der Waals surface area contributed by atoms with E-state index in [4.69, 9.17) is 0 Å². The number of allylic oxidation sites excluding steroid dienone is 1. The molecular formula is C17H26IN5. The quantitative estimate of drug-likeness (QED) is 0.243. The lowest BCUT2D eigenvalue weighted by Gasteiger charge is -2.21. The molecule has 0 aliphatic rings. The number of aliphatic imine (C=N–C) groups is 1. The van der Waals surface area contributed by atoms with Crippen molar-refractivity contribution in [3.05, 3.63) is 48.9 Å². The first-order valence-electron chi connectivity index (χ1n) is 7.70. The van der Waals surface area contributed by atoms with Crippen LogP contribution in [0, 0.1) is 0 Å². The summed E-state index contributed by atoms with van der Waals surface area (Å²) in [6.07, 6.45) is 9.05. The minimum Gasteiger partial charge on any atom is -0.356 e. The third-order valence-corrected chi connectivity index (χ3v) is 3.55. The fourth-order valence-electron chi connectivity index (χ4n) is 2.37. The second-order valence-electron chi connectivity index (χ2n) is 5.27. The zero-order valence-corrected chi connectivity index (χ0v) is 16.2. The van der Waals surface area contributed by atoms with Crippen LogP contribution >= 0.6 is 24.0 Å². The maximum Gasteiger partial charge on any atom is 0.193 e. The van der Waals surface area contributed by atoms with Crippen LogP contribution in [0.25, 0.3) is 5.65 Å². The summed E-state index contributed by atoms with van der Waals surface area (Å²) in [7, 11) is 3.88. The molecule has 0 aliphatic carbocycles. The van der Waals surface area contributed by atoms with Gasteiger partial charge in [0, 0.05) is 46.0 Å². The molecule has 1 N–H and O–H groups in total. The lowest BCUT2D eigenvalue weighted by molar-refractivity contribution is 0.470. The van der Waals surface area contributed by atoms with Crippen LogP contribution in [0.3, 0.4) is 0 Å². The number of rotatable bonds is 7. The van der Waals surface area contributed by atoms with Gasteiger partial charge < -0.3 is 14.6 Å². The van der Waals surface area contributed by atoms with Crippen molar-refractivity contribution in [2.24, 2.45) is 4.99 Å². The number of unbranched alkanes of at least 4 members (excludes halogenated alkanes) is 1. The van der Waals surface area contributed by atoms with Crippen molar-refractivity contribution in [2.45, 2.75) is 19.3 Å². The summed E-state index contributed by atoms with van der Waals surface area (Å²) in [6.45, 7) is 5.54. The number of nitrogens with zero attached hydrogens (tertiary/aromatic N) is 4. The van der Waals surface area contributed by atoms with Crippen molar-refractivity contribution < 1.29 is 0 Å². The molecule has 0 bridgehead atoms. The highest BCUT2D eigenvalue weighted by molar-refractivity contribution is 14.0. The first-order valence-corrected chi connectivity index (χ1v) is 7.70. The number of hydrogen-bond acceptors (Lipinski definition) is 2. The Morgan fingerprint density at radius 3 is 3.00 bits per heavy atom. The van der Waals surface area contributed by atoms with Crippen LogP contribution in [0.5, 0.6) is 0 Å². The lowest BCUT2D eigenvalue weighted by Crippen LogP contribution is -2.40. The van der Waals surface area contributed by atoms with Gasteiger partial charge in [-0.15, -0.1) is 30.6 Å². The molecule has 0 aromatic carbocycles. The highest BCUT2D eigenvalue weighted by Gasteiger charge is 2.05. The first-order chi connectivity index (χ1) is 10.7. The maximum atomic E-state index is 4.60. The number of guanidine groups is 1. The Bertz CT molecular complexity index is 602. The number of fused-ring (bicyclic) bond motifs is 1. The summed E-state index contributed by atoms with van der Waals surface area (Å²) >= 11 is 0. The van der Waals surface area contributed by atoms with Crippen LogP contribution in [0.15, 0.2) is 48.2 Å². The summed E-state index contributed by atoms with van der Waals surface area (Å²) < 4.78 is 2.05. The molecule has 6 heteroatoms. The standard InChI is InChI=1S/C17H25N5.HI/c1-4-5-7-12-21(3)17(18-2)19-11-10-15-14-22-13-8-6-9-16(22)20-15;/h4,6,8-9,13-14H,1,5,7,10-12H2,2-3H3,(H,18,19);1H. The van der Waals surface area contributed by atoms with Gasteiger partial charge in [0.25, 0.3) is 0 Å². The molecule has 2 aromatic heterocycles. The van der Waals surface area contributed by atoms with Crippen molar-refractivity contribution in [3.63, 3.8) is 0 Å². The first kappa shape index (κ1) is 19.5. The molecule has 0 unspecified atom stereocenters. The van der Waals surface area contributed by atoms with Crippen LogP contribution < -0.4 is 5.32 Å². The Kier molecular flexibility index (Phi) is 8.68. The van der Waals surface area contributed by atoms with Crippen LogP contribution in [-0.2, 0) is 6.42 Å². The molecule has 2 heterocycles. The molecule has 2 rings (SSSR count). The zero-order chi connectivity index (χ0) is 15.8. The number of imidazole rings is 1. The van der Waals surface area contributed by atoms with Gasteiger partial charge in [-0.1, -0.05) is 12.1 Å². The van der Waals surface area contributed by atoms with Crippen molar-refractivity contribution in [2.75, 3.05) is 27.2 Å². The van der Waals surface area contributed by atoms with Crippen LogP contribution in [-0.4, -0.2) is 47.4 Å². The lowest BCUT2D eigenvalue weighted by atomic mass is 10.3. The van der Waals surface area contributed by atoms with E-state index in [2.05, 4.69) is 40.0 Å². The minimum absolute atomic E-state index is 0. The van der Waals surface area contributed by atoms with Gasteiger partial charge in [-0.2, -0.15) is 0 Å². The number of pyridine rings is 1. The monoisotopic (exact) mass is 427 g/mol. The smallest absolute Gasteiger partial charge is 0.193 e. The molecule has 0 saturated carbocycles. The summed E-state index contributed by atoms with van der Waals surface area (Å²) in [5.41, 5.74) is 2.08. The highest BCUT2D eigenvalue weighted by Crippen LogP contribution is 2.04. The number of nitrogens with one attached hydrogen (secondary N) is 1. The van der Waals surface area contributed by atoms with Gasteiger partial charge in [0.15, 0.2) is 5.96 Å². The van der Waals surface area contributed by atoms with Crippen molar-refractivity contribution in [1.82, 2.24) is 19.6 Å². The van der Waals surface area contributed by atoms with Crippen molar-refractivity contribution >= 4 is 35.6 Å². The average Bonchev–Trinajstić information content (AvgIpc) is 2.94. The van der Waals surface area contributed by atoms with Crippen LogP contribution in [0.4, 0.5) is 0 Å². The van der Waals surface area contributed by atoms with E-state index < -0.39 is 0 Å². The summed E-state index contributed by atoms with van der Waals surface area (Å²) in [5, 5.41) is 3.39. The van der Waals surface area contributed by atoms with Crippen molar-refractivity contribution in [3.8, 4) is 0 Å². The van der Waals surface area contributed by atoms with E-state index >= 15 is 0 Å². The Morgan fingerprint density at radius 1 is 1.48 bits per heavy atom. The van der Waals surface area contributed by atoms with E-state index in [1.165, 1.54) is 0 Å². The molecule has 23 heavy (non-hydrogen) atoms. The Balaban J connectivity index is 0.00000264. The van der Waals surface area contributed by atoms with Crippen molar-refractivity contribution in [1.29, 1.82) is 0 Å². The number of aromatic nitrogens is 2. The van der Waals surface area contributed by atoms with Gasteiger partial charge in [-0.3, -0.25) is 4.99 Å². The van der Waals surface area contributed by atoms with Gasteiger partial charge in [-0.25, -0.2) is 4.98 Å². The second kappa shape index (κ2) is 10.3. The van der Waals surface area contributed by atoms with Gasteiger partial charge in [0.2, 0.25) is 0 Å². The molecule has 0 amide bonds. The van der Waals surface area contributed by atoms with E-state index in [0.717, 1.165) is 49.7 Å². The minimum atomic E-state index is 0. The van der Waals surface area contributed by atoms with E-state index in [0.29, 0.717) is 0 Å². The van der Waals surface area contributed by atoms with Gasteiger partial charge in [0.05, 0.1) is 5.69 Å². The average molecular weight is 427 g/mol. The number of hydrogen-bond donors (Lipinski definition) is 1. The van der Waals surface area contributed by atoms with Gasteiger partial charge >= 0.3 is 0 Å². The molecule has 0 fully saturated rings. The summed E-state index contributed by atoms with van der Waals surface area (Å²) in [4.78, 5) is 11.1. The largest absolute Gasteiger partial charge is 0.356 e. The maximum absolute atomic E-state index is 4.60.